The predicted octanol–water partition coefficient (Wildman–Crippen LogP) is 1.92. The van der Waals surface area contributed by atoms with Gasteiger partial charge in [-0.05, 0) is 25.1 Å². The van der Waals surface area contributed by atoms with Crippen molar-refractivity contribution in [3.05, 3.63) is 30.4 Å². The Hall–Kier alpha value is -1.75. The maximum atomic E-state index is 5.26. The van der Waals surface area contributed by atoms with Gasteiger partial charge in [0, 0.05) is 30.4 Å². The Morgan fingerprint density at radius 3 is 2.61 bits per heavy atom. The van der Waals surface area contributed by atoms with Gasteiger partial charge in [0.1, 0.15) is 0 Å². The molecule has 1 atom stereocenters. The Morgan fingerprint density at radius 2 is 2.00 bits per heavy atom. The van der Waals surface area contributed by atoms with Gasteiger partial charge in [-0.2, -0.15) is 4.98 Å². The van der Waals surface area contributed by atoms with E-state index in [1.54, 1.807) is 12.4 Å². The van der Waals surface area contributed by atoms with Crippen molar-refractivity contribution in [2.45, 2.75) is 26.3 Å². The zero-order chi connectivity index (χ0) is 13.0. The van der Waals surface area contributed by atoms with Crippen LogP contribution in [-0.2, 0) is 6.42 Å². The highest BCUT2D eigenvalue weighted by Crippen LogP contribution is 2.16. The molecule has 1 N–H and O–H groups in total. The lowest BCUT2D eigenvalue weighted by Crippen LogP contribution is -2.33. The van der Waals surface area contributed by atoms with Crippen LogP contribution in [0, 0.1) is 5.92 Å². The summed E-state index contributed by atoms with van der Waals surface area (Å²) in [6.07, 6.45) is 4.19. The monoisotopic (exact) mass is 246 g/mol. The lowest BCUT2D eigenvalue weighted by atomic mass is 10.0. The van der Waals surface area contributed by atoms with Gasteiger partial charge in [-0.3, -0.25) is 4.98 Å². The average molecular weight is 246 g/mol. The fourth-order valence-electron chi connectivity index (χ4n) is 1.82. The molecule has 96 valence electrons. The fraction of sp³-hybridized carbons (Fsp3) is 0.462. The summed E-state index contributed by atoms with van der Waals surface area (Å²) in [5, 5.41) is 7.28. The van der Waals surface area contributed by atoms with Crippen molar-refractivity contribution in [1.29, 1.82) is 0 Å². The van der Waals surface area contributed by atoms with Gasteiger partial charge >= 0.3 is 0 Å². The lowest BCUT2D eigenvalue weighted by molar-refractivity contribution is 0.391. The lowest BCUT2D eigenvalue weighted by Gasteiger charge is -2.17. The van der Waals surface area contributed by atoms with Crippen LogP contribution < -0.4 is 5.32 Å². The van der Waals surface area contributed by atoms with Gasteiger partial charge in [0.15, 0.2) is 5.82 Å². The molecule has 0 amide bonds. The van der Waals surface area contributed by atoms with Crippen LogP contribution in [0.5, 0.6) is 0 Å². The summed E-state index contributed by atoms with van der Waals surface area (Å²) in [6.45, 7) is 4.34. The van der Waals surface area contributed by atoms with E-state index in [0.29, 0.717) is 17.9 Å². The molecule has 2 aromatic rings. The number of hydrogen-bond acceptors (Lipinski definition) is 5. The Bertz CT molecular complexity index is 481. The second kappa shape index (κ2) is 5.73. The van der Waals surface area contributed by atoms with Gasteiger partial charge in [0.25, 0.3) is 5.89 Å². The number of likely N-dealkylation sites (N-methyl/N-ethyl adjacent to an activating group) is 1. The molecule has 0 aliphatic rings. The quantitative estimate of drug-likeness (QED) is 0.873. The molecular formula is C13H18N4O. The van der Waals surface area contributed by atoms with Crippen molar-refractivity contribution < 1.29 is 4.52 Å². The average Bonchev–Trinajstić information content (AvgIpc) is 2.85. The normalized spacial score (nSPS) is 12.9. The number of nitrogens with zero attached hydrogens (tertiary/aromatic N) is 3. The molecule has 5 nitrogen and oxygen atoms in total. The second-order valence-electron chi connectivity index (χ2n) is 4.59. The molecular weight excluding hydrogens is 228 g/mol. The minimum absolute atomic E-state index is 0.355. The molecule has 5 heteroatoms. The largest absolute Gasteiger partial charge is 0.334 e. The summed E-state index contributed by atoms with van der Waals surface area (Å²) < 4.78 is 5.26. The number of rotatable bonds is 5. The van der Waals surface area contributed by atoms with Crippen molar-refractivity contribution >= 4 is 0 Å². The molecule has 2 aromatic heterocycles. The summed E-state index contributed by atoms with van der Waals surface area (Å²) in [5.41, 5.74) is 0.898. The summed E-state index contributed by atoms with van der Waals surface area (Å²) in [4.78, 5) is 8.37. The van der Waals surface area contributed by atoms with Crippen LogP contribution in [0.3, 0.4) is 0 Å². The molecule has 18 heavy (non-hydrogen) atoms. The first-order chi connectivity index (χ1) is 8.70. The molecule has 0 saturated carbocycles. The Balaban J connectivity index is 2.11. The number of pyridine rings is 1. The molecule has 0 aromatic carbocycles. The minimum Gasteiger partial charge on any atom is -0.334 e. The zero-order valence-electron chi connectivity index (χ0n) is 10.9. The number of hydrogen-bond donors (Lipinski definition) is 1. The van der Waals surface area contributed by atoms with Crippen molar-refractivity contribution in [3.8, 4) is 11.5 Å². The molecule has 0 saturated heterocycles. The van der Waals surface area contributed by atoms with E-state index in [4.69, 9.17) is 4.52 Å². The van der Waals surface area contributed by atoms with E-state index in [2.05, 4.69) is 34.3 Å². The van der Waals surface area contributed by atoms with Crippen LogP contribution in [-0.4, -0.2) is 28.2 Å². The predicted molar refractivity (Wildman–Crippen MR) is 68.9 cm³/mol. The maximum absolute atomic E-state index is 5.26. The van der Waals surface area contributed by atoms with Crippen LogP contribution >= 0.6 is 0 Å². The van der Waals surface area contributed by atoms with Crippen molar-refractivity contribution in [3.63, 3.8) is 0 Å². The van der Waals surface area contributed by atoms with E-state index < -0.39 is 0 Å². The summed E-state index contributed by atoms with van der Waals surface area (Å²) in [5.74, 6) is 1.80. The van der Waals surface area contributed by atoms with Crippen LogP contribution in [0.25, 0.3) is 11.5 Å². The zero-order valence-corrected chi connectivity index (χ0v) is 10.9. The fourth-order valence-corrected chi connectivity index (χ4v) is 1.82. The van der Waals surface area contributed by atoms with Gasteiger partial charge in [0.05, 0.1) is 0 Å². The molecule has 0 aliphatic heterocycles. The third kappa shape index (κ3) is 2.92. The third-order valence-corrected chi connectivity index (χ3v) is 2.97. The molecule has 0 fully saturated rings. The summed E-state index contributed by atoms with van der Waals surface area (Å²) in [6, 6.07) is 4.07. The molecule has 0 spiro atoms. The molecule has 2 rings (SSSR count). The van der Waals surface area contributed by atoms with Gasteiger partial charge in [-0.25, -0.2) is 0 Å². The molecule has 0 aliphatic carbocycles. The van der Waals surface area contributed by atoms with Crippen molar-refractivity contribution in [1.82, 2.24) is 20.4 Å². The van der Waals surface area contributed by atoms with Crippen LogP contribution in [0.15, 0.2) is 29.0 Å². The van der Waals surface area contributed by atoms with E-state index in [-0.39, 0.29) is 0 Å². The van der Waals surface area contributed by atoms with Crippen LogP contribution in [0.2, 0.25) is 0 Å². The molecule has 1 unspecified atom stereocenters. The second-order valence-corrected chi connectivity index (χ2v) is 4.59. The highest BCUT2D eigenvalue weighted by atomic mass is 16.5. The Labute approximate surface area is 107 Å². The highest BCUT2D eigenvalue weighted by molar-refractivity contribution is 5.50. The summed E-state index contributed by atoms with van der Waals surface area (Å²) >= 11 is 0. The first-order valence-corrected chi connectivity index (χ1v) is 6.11. The van der Waals surface area contributed by atoms with E-state index >= 15 is 0 Å². The van der Waals surface area contributed by atoms with E-state index in [1.165, 1.54) is 0 Å². The molecule has 2 heterocycles. The van der Waals surface area contributed by atoms with Gasteiger partial charge < -0.3 is 9.84 Å². The van der Waals surface area contributed by atoms with Crippen LogP contribution in [0.1, 0.15) is 19.7 Å². The number of nitrogens with one attached hydrogen (secondary N) is 1. The molecule has 0 radical (unpaired) electrons. The first-order valence-electron chi connectivity index (χ1n) is 6.11. The van der Waals surface area contributed by atoms with Gasteiger partial charge in [-0.1, -0.05) is 19.0 Å². The minimum atomic E-state index is 0.355. The number of aromatic nitrogens is 3. The highest BCUT2D eigenvalue weighted by Gasteiger charge is 2.16. The topological polar surface area (TPSA) is 63.8 Å². The van der Waals surface area contributed by atoms with E-state index in [9.17, 15) is 0 Å². The standard InChI is InChI=1S/C13H18N4O/c1-9(2)11(14-3)8-12-16-13(18-17-12)10-4-6-15-7-5-10/h4-7,9,11,14H,8H2,1-3H3. The van der Waals surface area contributed by atoms with Crippen LogP contribution in [0.4, 0.5) is 0 Å². The Kier molecular flexibility index (Phi) is 4.04. The third-order valence-electron chi connectivity index (χ3n) is 2.97. The van der Waals surface area contributed by atoms with E-state index in [0.717, 1.165) is 17.8 Å². The first kappa shape index (κ1) is 12.7. The van der Waals surface area contributed by atoms with E-state index in [1.807, 2.05) is 19.2 Å². The van der Waals surface area contributed by atoms with Gasteiger partial charge in [0.2, 0.25) is 0 Å². The maximum Gasteiger partial charge on any atom is 0.258 e. The van der Waals surface area contributed by atoms with Crippen molar-refractivity contribution in [2.75, 3.05) is 7.05 Å². The van der Waals surface area contributed by atoms with Crippen molar-refractivity contribution in [2.24, 2.45) is 5.92 Å². The SMILES string of the molecule is CNC(Cc1noc(-c2ccncc2)n1)C(C)C. The molecule has 0 bridgehead atoms. The Morgan fingerprint density at radius 1 is 1.28 bits per heavy atom. The van der Waals surface area contributed by atoms with Gasteiger partial charge in [-0.15, -0.1) is 0 Å². The smallest absolute Gasteiger partial charge is 0.258 e. The summed E-state index contributed by atoms with van der Waals surface area (Å²) in [7, 11) is 1.95.